The summed E-state index contributed by atoms with van der Waals surface area (Å²) in [5, 5.41) is 3.70. The van der Waals surface area contributed by atoms with Gasteiger partial charge in [-0.2, -0.15) is 0 Å². The van der Waals surface area contributed by atoms with Gasteiger partial charge < -0.3 is 5.32 Å². The van der Waals surface area contributed by atoms with E-state index in [1.807, 2.05) is 0 Å². The third-order valence-electron chi connectivity index (χ3n) is 4.40. The van der Waals surface area contributed by atoms with Gasteiger partial charge in [0.25, 0.3) is 0 Å². The SMILES string of the molecule is CCNC(Cc1cccc(C)c1)CC1CCCCC1. The van der Waals surface area contributed by atoms with Crippen LogP contribution in [-0.2, 0) is 6.42 Å². The zero-order chi connectivity index (χ0) is 13.5. The van der Waals surface area contributed by atoms with Gasteiger partial charge in [0.05, 0.1) is 0 Å². The second kappa shape index (κ2) is 7.69. The van der Waals surface area contributed by atoms with E-state index in [9.17, 15) is 0 Å². The maximum absolute atomic E-state index is 3.70. The molecule has 0 saturated heterocycles. The second-order valence-corrected chi connectivity index (χ2v) is 6.19. The molecule has 1 saturated carbocycles. The quantitative estimate of drug-likeness (QED) is 0.794. The molecule has 1 fully saturated rings. The molecule has 1 N–H and O–H groups in total. The fraction of sp³-hybridized carbons (Fsp3) is 0.667. The summed E-state index contributed by atoms with van der Waals surface area (Å²) < 4.78 is 0. The average Bonchev–Trinajstić information content (AvgIpc) is 2.40. The van der Waals surface area contributed by atoms with E-state index in [1.54, 1.807) is 0 Å². The number of aryl methyl sites for hydroxylation is 1. The lowest BCUT2D eigenvalue weighted by atomic mass is 9.83. The Kier molecular flexibility index (Phi) is 5.91. The molecule has 19 heavy (non-hydrogen) atoms. The van der Waals surface area contributed by atoms with Crippen molar-refractivity contribution in [2.75, 3.05) is 6.54 Å². The number of hydrogen-bond donors (Lipinski definition) is 1. The first-order valence-corrected chi connectivity index (χ1v) is 8.07. The molecule has 1 nitrogen and oxygen atoms in total. The monoisotopic (exact) mass is 259 g/mol. The largest absolute Gasteiger partial charge is 0.314 e. The molecule has 1 aliphatic rings. The minimum Gasteiger partial charge on any atom is -0.314 e. The fourth-order valence-corrected chi connectivity index (χ4v) is 3.48. The molecule has 0 radical (unpaired) electrons. The average molecular weight is 259 g/mol. The van der Waals surface area contributed by atoms with Gasteiger partial charge in [-0.1, -0.05) is 68.9 Å². The summed E-state index contributed by atoms with van der Waals surface area (Å²) in [5.74, 6) is 0.961. The van der Waals surface area contributed by atoms with Crippen molar-refractivity contribution >= 4 is 0 Å². The number of hydrogen-bond acceptors (Lipinski definition) is 1. The molecule has 1 heteroatoms. The standard InChI is InChI=1S/C18H29N/c1-3-19-18(13-16-9-5-4-6-10-16)14-17-11-7-8-15(2)12-17/h7-8,11-12,16,18-19H,3-6,9-10,13-14H2,1-2H3. The van der Waals surface area contributed by atoms with Crippen molar-refractivity contribution in [1.29, 1.82) is 0 Å². The van der Waals surface area contributed by atoms with Gasteiger partial charge in [0.1, 0.15) is 0 Å². The molecule has 0 amide bonds. The minimum atomic E-state index is 0.662. The van der Waals surface area contributed by atoms with Gasteiger partial charge in [-0.05, 0) is 37.8 Å². The van der Waals surface area contributed by atoms with Gasteiger partial charge in [-0.15, -0.1) is 0 Å². The summed E-state index contributed by atoms with van der Waals surface area (Å²) in [6.45, 7) is 5.50. The van der Waals surface area contributed by atoms with E-state index >= 15 is 0 Å². The second-order valence-electron chi connectivity index (χ2n) is 6.19. The molecule has 1 aromatic carbocycles. The number of benzene rings is 1. The lowest BCUT2D eigenvalue weighted by Gasteiger charge is -2.27. The van der Waals surface area contributed by atoms with E-state index in [1.165, 1.54) is 56.1 Å². The van der Waals surface area contributed by atoms with Crippen LogP contribution in [0.4, 0.5) is 0 Å². The first-order chi connectivity index (χ1) is 9.28. The van der Waals surface area contributed by atoms with E-state index in [0.717, 1.165) is 12.5 Å². The van der Waals surface area contributed by atoms with E-state index in [0.29, 0.717) is 6.04 Å². The molecule has 0 aliphatic heterocycles. The van der Waals surface area contributed by atoms with Crippen LogP contribution in [0.25, 0.3) is 0 Å². The fourth-order valence-electron chi connectivity index (χ4n) is 3.48. The summed E-state index contributed by atoms with van der Waals surface area (Å²) in [6, 6.07) is 9.65. The first kappa shape index (κ1) is 14.6. The minimum absolute atomic E-state index is 0.662. The van der Waals surface area contributed by atoms with Crippen molar-refractivity contribution in [2.45, 2.75) is 64.8 Å². The van der Waals surface area contributed by atoms with Crippen molar-refractivity contribution in [3.05, 3.63) is 35.4 Å². The molecule has 1 atom stereocenters. The van der Waals surface area contributed by atoms with Crippen LogP contribution in [-0.4, -0.2) is 12.6 Å². The van der Waals surface area contributed by atoms with E-state index < -0.39 is 0 Å². The Hall–Kier alpha value is -0.820. The third kappa shape index (κ3) is 4.99. The smallest absolute Gasteiger partial charge is 0.0110 e. The maximum atomic E-state index is 3.70. The Bertz CT molecular complexity index is 366. The number of nitrogens with one attached hydrogen (secondary N) is 1. The Balaban J connectivity index is 1.91. The highest BCUT2D eigenvalue weighted by atomic mass is 14.9. The summed E-state index contributed by atoms with van der Waals surface area (Å²) in [6.07, 6.45) is 9.82. The maximum Gasteiger partial charge on any atom is 0.0110 e. The van der Waals surface area contributed by atoms with Gasteiger partial charge in [0, 0.05) is 6.04 Å². The topological polar surface area (TPSA) is 12.0 Å². The van der Waals surface area contributed by atoms with E-state index in [4.69, 9.17) is 0 Å². The molecule has 106 valence electrons. The van der Waals surface area contributed by atoms with Crippen LogP contribution >= 0.6 is 0 Å². The normalized spacial score (nSPS) is 18.4. The van der Waals surface area contributed by atoms with Gasteiger partial charge in [0.15, 0.2) is 0 Å². The van der Waals surface area contributed by atoms with Crippen molar-refractivity contribution in [1.82, 2.24) is 5.32 Å². The zero-order valence-electron chi connectivity index (χ0n) is 12.6. The molecular weight excluding hydrogens is 230 g/mol. The van der Waals surface area contributed by atoms with Crippen LogP contribution in [0.3, 0.4) is 0 Å². The van der Waals surface area contributed by atoms with Crippen LogP contribution in [0.15, 0.2) is 24.3 Å². The molecule has 1 aromatic rings. The lowest BCUT2D eigenvalue weighted by molar-refractivity contribution is 0.298. The van der Waals surface area contributed by atoms with E-state index in [-0.39, 0.29) is 0 Å². The summed E-state index contributed by atoms with van der Waals surface area (Å²) >= 11 is 0. The van der Waals surface area contributed by atoms with E-state index in [2.05, 4.69) is 43.4 Å². The summed E-state index contributed by atoms with van der Waals surface area (Å²) in [4.78, 5) is 0. The van der Waals surface area contributed by atoms with Crippen molar-refractivity contribution in [2.24, 2.45) is 5.92 Å². The Morgan fingerprint density at radius 3 is 2.68 bits per heavy atom. The highest BCUT2D eigenvalue weighted by molar-refractivity contribution is 5.23. The Morgan fingerprint density at radius 1 is 1.21 bits per heavy atom. The van der Waals surface area contributed by atoms with Gasteiger partial charge in [-0.25, -0.2) is 0 Å². The van der Waals surface area contributed by atoms with Crippen LogP contribution < -0.4 is 5.32 Å². The summed E-state index contributed by atoms with van der Waals surface area (Å²) in [5.41, 5.74) is 2.87. The highest BCUT2D eigenvalue weighted by Gasteiger charge is 2.18. The molecule has 2 rings (SSSR count). The summed E-state index contributed by atoms with van der Waals surface area (Å²) in [7, 11) is 0. The molecular formula is C18H29N. The number of likely N-dealkylation sites (N-methyl/N-ethyl adjacent to an activating group) is 1. The van der Waals surface area contributed by atoms with Gasteiger partial charge in [0.2, 0.25) is 0 Å². The van der Waals surface area contributed by atoms with Crippen LogP contribution in [0.1, 0.15) is 56.6 Å². The van der Waals surface area contributed by atoms with Crippen molar-refractivity contribution in [3.63, 3.8) is 0 Å². The molecule has 1 unspecified atom stereocenters. The number of rotatable bonds is 6. The third-order valence-corrected chi connectivity index (χ3v) is 4.40. The van der Waals surface area contributed by atoms with Crippen molar-refractivity contribution < 1.29 is 0 Å². The lowest BCUT2D eigenvalue weighted by Crippen LogP contribution is -2.33. The van der Waals surface area contributed by atoms with Gasteiger partial charge >= 0.3 is 0 Å². The zero-order valence-corrected chi connectivity index (χ0v) is 12.6. The Labute approximate surface area is 118 Å². The molecule has 0 aromatic heterocycles. The molecule has 0 heterocycles. The first-order valence-electron chi connectivity index (χ1n) is 8.07. The van der Waals surface area contributed by atoms with Crippen molar-refractivity contribution in [3.8, 4) is 0 Å². The molecule has 0 bridgehead atoms. The van der Waals surface area contributed by atoms with Crippen LogP contribution in [0, 0.1) is 12.8 Å². The molecule has 0 spiro atoms. The highest BCUT2D eigenvalue weighted by Crippen LogP contribution is 2.28. The Morgan fingerprint density at radius 2 is 2.00 bits per heavy atom. The predicted molar refractivity (Wildman–Crippen MR) is 83.5 cm³/mol. The predicted octanol–water partition coefficient (Wildman–Crippen LogP) is 4.49. The van der Waals surface area contributed by atoms with Crippen LogP contribution in [0.2, 0.25) is 0 Å². The van der Waals surface area contributed by atoms with Crippen LogP contribution in [0.5, 0.6) is 0 Å². The van der Waals surface area contributed by atoms with Gasteiger partial charge in [-0.3, -0.25) is 0 Å². The molecule has 1 aliphatic carbocycles.